The van der Waals surface area contributed by atoms with Gasteiger partial charge in [-0.15, -0.1) is 11.3 Å². The second kappa shape index (κ2) is 6.01. The van der Waals surface area contributed by atoms with Crippen LogP contribution in [0.25, 0.3) is 0 Å². The Bertz CT molecular complexity index is 486. The van der Waals surface area contributed by atoms with Gasteiger partial charge in [-0.05, 0) is 18.6 Å². The molecule has 1 saturated heterocycles. The number of nitrogens with zero attached hydrogens (tertiary/aromatic N) is 1. The molecule has 2 N–H and O–H groups in total. The third-order valence-electron chi connectivity index (χ3n) is 2.72. The normalized spacial score (nSPS) is 18.6. The van der Waals surface area contributed by atoms with E-state index in [1.54, 1.807) is 11.0 Å². The van der Waals surface area contributed by atoms with E-state index in [2.05, 4.69) is 11.8 Å². The molecule has 1 amide bonds. The molecule has 0 aromatic carbocycles. The number of likely N-dealkylation sites (tertiary alicyclic amines) is 1. The molecule has 0 bridgehead atoms. The van der Waals surface area contributed by atoms with E-state index in [0.29, 0.717) is 30.8 Å². The third kappa shape index (κ3) is 3.10. The first-order chi connectivity index (χ1) is 8.70. The number of hydrogen-bond donors (Lipinski definition) is 2. The summed E-state index contributed by atoms with van der Waals surface area (Å²) in [4.78, 5) is 15.2. The Morgan fingerprint density at radius 2 is 2.39 bits per heavy atom. The lowest BCUT2D eigenvalue weighted by molar-refractivity contribution is 0.0769. The Kier molecular flexibility index (Phi) is 4.37. The second-order valence-corrected chi connectivity index (χ2v) is 5.22. The molecule has 2 rings (SSSR count). The van der Waals surface area contributed by atoms with Crippen molar-refractivity contribution in [2.24, 2.45) is 0 Å². The smallest absolute Gasteiger partial charge is 0.264 e. The van der Waals surface area contributed by atoms with E-state index in [9.17, 15) is 9.90 Å². The zero-order chi connectivity index (χ0) is 13.0. The zero-order valence-corrected chi connectivity index (χ0v) is 10.7. The van der Waals surface area contributed by atoms with Gasteiger partial charge in [0.2, 0.25) is 0 Å². The molecular formula is C13H15NO3S. The molecule has 4 nitrogen and oxygen atoms in total. The van der Waals surface area contributed by atoms with Crippen LogP contribution in [0.4, 0.5) is 0 Å². The first-order valence-electron chi connectivity index (χ1n) is 5.87. The molecule has 1 aliphatic heterocycles. The van der Waals surface area contributed by atoms with Gasteiger partial charge in [0, 0.05) is 19.5 Å². The fourth-order valence-electron chi connectivity index (χ4n) is 1.81. The molecule has 1 unspecified atom stereocenters. The van der Waals surface area contributed by atoms with Crippen molar-refractivity contribution in [3.8, 4) is 11.8 Å². The predicted molar refractivity (Wildman–Crippen MR) is 69.4 cm³/mol. The van der Waals surface area contributed by atoms with Gasteiger partial charge >= 0.3 is 0 Å². The molecule has 0 radical (unpaired) electrons. The van der Waals surface area contributed by atoms with E-state index in [4.69, 9.17) is 5.11 Å². The quantitative estimate of drug-likeness (QED) is 0.773. The predicted octanol–water partition coefficient (Wildman–Crippen LogP) is 0.689. The van der Waals surface area contributed by atoms with E-state index in [0.717, 1.165) is 4.88 Å². The van der Waals surface area contributed by atoms with Gasteiger partial charge in [0.25, 0.3) is 5.91 Å². The second-order valence-electron chi connectivity index (χ2n) is 4.13. The van der Waals surface area contributed by atoms with E-state index in [-0.39, 0.29) is 12.5 Å². The van der Waals surface area contributed by atoms with Crippen LogP contribution >= 0.6 is 11.3 Å². The molecule has 1 aromatic rings. The van der Waals surface area contributed by atoms with Gasteiger partial charge < -0.3 is 15.1 Å². The van der Waals surface area contributed by atoms with E-state index < -0.39 is 6.10 Å². The van der Waals surface area contributed by atoms with Gasteiger partial charge in [-0.3, -0.25) is 4.79 Å². The lowest BCUT2D eigenvalue weighted by Crippen LogP contribution is -2.28. The summed E-state index contributed by atoms with van der Waals surface area (Å²) >= 11 is 1.35. The largest absolute Gasteiger partial charge is 0.395 e. The highest BCUT2D eigenvalue weighted by Crippen LogP contribution is 2.20. The fourth-order valence-corrected chi connectivity index (χ4v) is 2.66. The van der Waals surface area contributed by atoms with Crippen LogP contribution in [0.15, 0.2) is 12.1 Å². The lowest BCUT2D eigenvalue weighted by Gasteiger charge is -2.13. The van der Waals surface area contributed by atoms with Crippen molar-refractivity contribution in [3.63, 3.8) is 0 Å². The Labute approximate surface area is 110 Å². The molecule has 18 heavy (non-hydrogen) atoms. The maximum atomic E-state index is 12.1. The molecule has 0 aliphatic carbocycles. The van der Waals surface area contributed by atoms with Crippen LogP contribution in [-0.4, -0.2) is 46.8 Å². The van der Waals surface area contributed by atoms with Crippen LogP contribution in [0, 0.1) is 11.8 Å². The van der Waals surface area contributed by atoms with Gasteiger partial charge in [0.05, 0.1) is 22.5 Å². The summed E-state index contributed by atoms with van der Waals surface area (Å²) in [6, 6.07) is 3.58. The Morgan fingerprint density at radius 1 is 1.56 bits per heavy atom. The number of thiophene rings is 1. The summed E-state index contributed by atoms with van der Waals surface area (Å²) in [6.45, 7) is 1.08. The molecule has 96 valence electrons. The highest BCUT2D eigenvalue weighted by atomic mass is 32.1. The van der Waals surface area contributed by atoms with Gasteiger partial charge in [0.15, 0.2) is 0 Å². The maximum absolute atomic E-state index is 12.1. The van der Waals surface area contributed by atoms with Gasteiger partial charge in [-0.25, -0.2) is 0 Å². The van der Waals surface area contributed by atoms with Crippen molar-refractivity contribution < 1.29 is 15.0 Å². The number of amides is 1. The third-order valence-corrected chi connectivity index (χ3v) is 3.70. The molecule has 0 saturated carbocycles. The van der Waals surface area contributed by atoms with Crippen LogP contribution in [0.5, 0.6) is 0 Å². The first-order valence-corrected chi connectivity index (χ1v) is 6.69. The Balaban J connectivity index is 2.02. The van der Waals surface area contributed by atoms with Gasteiger partial charge in [-0.2, -0.15) is 0 Å². The standard InChI is InChI=1S/C13H15NO3S/c15-8-2-1-3-11-4-5-12(18-11)13(17)14-7-6-10(16)9-14/h4-5,10,15-16H,2,6-9H2. The van der Waals surface area contributed by atoms with E-state index in [1.165, 1.54) is 11.3 Å². The van der Waals surface area contributed by atoms with Crippen LogP contribution in [0.3, 0.4) is 0 Å². The number of rotatable bonds is 2. The lowest BCUT2D eigenvalue weighted by atomic mass is 10.3. The van der Waals surface area contributed by atoms with Crippen molar-refractivity contribution in [3.05, 3.63) is 21.9 Å². The van der Waals surface area contributed by atoms with Crippen LogP contribution < -0.4 is 0 Å². The average Bonchev–Trinajstić information content (AvgIpc) is 2.98. The van der Waals surface area contributed by atoms with Crippen molar-refractivity contribution in [2.45, 2.75) is 18.9 Å². The Hall–Kier alpha value is -1.35. The van der Waals surface area contributed by atoms with Gasteiger partial charge in [-0.1, -0.05) is 11.8 Å². The van der Waals surface area contributed by atoms with Crippen LogP contribution in [0.1, 0.15) is 27.4 Å². The average molecular weight is 265 g/mol. The molecule has 0 spiro atoms. The van der Waals surface area contributed by atoms with Crippen LogP contribution in [0.2, 0.25) is 0 Å². The molecule has 5 heteroatoms. The minimum Gasteiger partial charge on any atom is -0.395 e. The summed E-state index contributed by atoms with van der Waals surface area (Å²) in [7, 11) is 0. The molecule has 2 heterocycles. The molecule has 1 fully saturated rings. The highest BCUT2D eigenvalue weighted by molar-refractivity contribution is 7.14. The summed E-state index contributed by atoms with van der Waals surface area (Å²) < 4.78 is 0. The monoisotopic (exact) mass is 265 g/mol. The number of hydrogen-bond acceptors (Lipinski definition) is 4. The maximum Gasteiger partial charge on any atom is 0.264 e. The summed E-state index contributed by atoms with van der Waals surface area (Å²) in [5, 5.41) is 18.0. The summed E-state index contributed by atoms with van der Waals surface area (Å²) in [6.07, 6.45) is 0.706. The number of aliphatic hydroxyl groups excluding tert-OH is 2. The Morgan fingerprint density at radius 3 is 3.06 bits per heavy atom. The molecule has 1 aliphatic rings. The highest BCUT2D eigenvalue weighted by Gasteiger charge is 2.26. The number of β-amino-alcohol motifs (C(OH)–C–C–N with tert-alkyl or cyclic N) is 1. The minimum absolute atomic E-state index is 0.0354. The first kappa shape index (κ1) is 13.1. The molecular weight excluding hydrogens is 250 g/mol. The van der Waals surface area contributed by atoms with Crippen molar-refractivity contribution in [1.82, 2.24) is 4.90 Å². The number of aliphatic hydroxyl groups is 2. The van der Waals surface area contributed by atoms with Gasteiger partial charge in [0.1, 0.15) is 0 Å². The van der Waals surface area contributed by atoms with Crippen molar-refractivity contribution >= 4 is 17.2 Å². The van der Waals surface area contributed by atoms with E-state index in [1.807, 2.05) is 6.07 Å². The zero-order valence-electron chi connectivity index (χ0n) is 9.93. The number of carbonyl (C=O) groups is 1. The SMILES string of the molecule is O=C(c1ccc(C#CCCO)s1)N1CCC(O)C1. The summed E-state index contributed by atoms with van der Waals surface area (Å²) in [5.74, 6) is 5.70. The topological polar surface area (TPSA) is 60.8 Å². The van der Waals surface area contributed by atoms with Crippen molar-refractivity contribution in [1.29, 1.82) is 0 Å². The molecule has 1 atom stereocenters. The summed E-state index contributed by atoms with van der Waals surface area (Å²) in [5.41, 5.74) is 0. The van der Waals surface area contributed by atoms with Crippen LogP contribution in [-0.2, 0) is 0 Å². The minimum atomic E-state index is -0.391. The molecule has 1 aromatic heterocycles. The van der Waals surface area contributed by atoms with E-state index >= 15 is 0 Å². The number of carbonyl (C=O) groups excluding carboxylic acids is 1. The fraction of sp³-hybridized carbons (Fsp3) is 0.462. The van der Waals surface area contributed by atoms with Crippen molar-refractivity contribution in [2.75, 3.05) is 19.7 Å².